The summed E-state index contributed by atoms with van der Waals surface area (Å²) in [4.78, 5) is 21.1. The minimum Gasteiger partial charge on any atom is -0.379 e. The zero-order valence-electron chi connectivity index (χ0n) is 16.8. The number of rotatable bonds is 6. The molecule has 31 heavy (non-hydrogen) atoms. The molecule has 3 aromatic rings. The second kappa shape index (κ2) is 9.34. The minimum absolute atomic E-state index is 0.168. The van der Waals surface area contributed by atoms with E-state index in [0.29, 0.717) is 38.4 Å². The predicted molar refractivity (Wildman–Crippen MR) is 115 cm³/mol. The van der Waals surface area contributed by atoms with E-state index in [0.717, 1.165) is 16.8 Å². The summed E-state index contributed by atoms with van der Waals surface area (Å²) in [6.45, 7) is 1.75. The Morgan fingerprint density at radius 3 is 2.45 bits per heavy atom. The van der Waals surface area contributed by atoms with Gasteiger partial charge in [0.1, 0.15) is 0 Å². The summed E-state index contributed by atoms with van der Waals surface area (Å²) in [6, 6.07) is 13.5. The fourth-order valence-corrected chi connectivity index (χ4v) is 4.62. The number of morpholine rings is 1. The number of benzene rings is 1. The Labute approximate surface area is 181 Å². The molecular formula is C22H22N4O4S. The highest BCUT2D eigenvalue weighted by atomic mass is 32.2. The summed E-state index contributed by atoms with van der Waals surface area (Å²) < 4.78 is 31.9. The second-order valence-electron chi connectivity index (χ2n) is 7.02. The zero-order chi connectivity index (χ0) is 21.7. The molecule has 1 aliphatic heterocycles. The first-order chi connectivity index (χ1) is 15.0. The summed E-state index contributed by atoms with van der Waals surface area (Å²) in [5.74, 6) is -0.286. The molecule has 1 fully saturated rings. The Balaban J connectivity index is 1.37. The number of amides is 1. The molecule has 1 N–H and O–H groups in total. The van der Waals surface area contributed by atoms with E-state index >= 15 is 0 Å². The lowest BCUT2D eigenvalue weighted by Gasteiger charge is -2.26. The quantitative estimate of drug-likeness (QED) is 0.632. The van der Waals surface area contributed by atoms with Crippen LogP contribution in [0.3, 0.4) is 0 Å². The van der Waals surface area contributed by atoms with Crippen molar-refractivity contribution < 1.29 is 17.9 Å². The maximum Gasteiger partial charge on any atom is 0.251 e. The predicted octanol–water partition coefficient (Wildman–Crippen LogP) is 2.09. The Bertz CT molecular complexity index is 1130. The van der Waals surface area contributed by atoms with E-state index < -0.39 is 10.0 Å². The van der Waals surface area contributed by atoms with Gasteiger partial charge in [0.2, 0.25) is 10.0 Å². The lowest BCUT2D eigenvalue weighted by Crippen LogP contribution is -2.40. The first-order valence-corrected chi connectivity index (χ1v) is 11.3. The van der Waals surface area contributed by atoms with Gasteiger partial charge in [0.05, 0.1) is 23.8 Å². The Kier molecular flexibility index (Phi) is 6.36. The van der Waals surface area contributed by atoms with Gasteiger partial charge >= 0.3 is 0 Å². The summed E-state index contributed by atoms with van der Waals surface area (Å²) in [7, 11) is -3.58. The summed E-state index contributed by atoms with van der Waals surface area (Å²) >= 11 is 0. The molecule has 0 saturated carbocycles. The van der Waals surface area contributed by atoms with E-state index in [2.05, 4.69) is 15.3 Å². The molecule has 0 unspecified atom stereocenters. The van der Waals surface area contributed by atoms with Crippen molar-refractivity contribution >= 4 is 15.9 Å². The monoisotopic (exact) mass is 438 g/mol. The van der Waals surface area contributed by atoms with E-state index in [1.165, 1.54) is 28.6 Å². The molecule has 0 bridgehead atoms. The Morgan fingerprint density at radius 2 is 1.81 bits per heavy atom. The number of hydrogen-bond acceptors (Lipinski definition) is 6. The van der Waals surface area contributed by atoms with Crippen molar-refractivity contribution in [3.05, 3.63) is 78.2 Å². The summed E-state index contributed by atoms with van der Waals surface area (Å²) in [5, 5.41) is 2.83. The van der Waals surface area contributed by atoms with Crippen molar-refractivity contribution in [1.82, 2.24) is 19.6 Å². The molecular weight excluding hydrogens is 416 g/mol. The summed E-state index contributed by atoms with van der Waals surface area (Å²) in [6.07, 6.45) is 5.16. The number of nitrogens with zero attached hydrogens (tertiary/aromatic N) is 3. The van der Waals surface area contributed by atoms with Gasteiger partial charge in [-0.05, 0) is 48.0 Å². The fraction of sp³-hybridized carbons (Fsp3) is 0.227. The molecule has 160 valence electrons. The second-order valence-corrected chi connectivity index (χ2v) is 8.95. The fourth-order valence-electron chi connectivity index (χ4n) is 3.21. The molecule has 2 aromatic heterocycles. The number of sulfonamides is 1. The first-order valence-electron chi connectivity index (χ1n) is 9.85. The van der Waals surface area contributed by atoms with Crippen molar-refractivity contribution in [2.75, 3.05) is 26.3 Å². The van der Waals surface area contributed by atoms with Gasteiger partial charge in [0, 0.05) is 49.4 Å². The number of aromatic nitrogens is 2. The van der Waals surface area contributed by atoms with Gasteiger partial charge < -0.3 is 10.1 Å². The van der Waals surface area contributed by atoms with Crippen LogP contribution in [0.5, 0.6) is 0 Å². The minimum atomic E-state index is -3.58. The molecule has 9 heteroatoms. The van der Waals surface area contributed by atoms with Crippen LogP contribution in [0.1, 0.15) is 15.9 Å². The highest BCUT2D eigenvalue weighted by Gasteiger charge is 2.26. The number of carbonyl (C=O) groups is 1. The molecule has 1 aliphatic rings. The first kappa shape index (κ1) is 21.1. The molecule has 0 atom stereocenters. The van der Waals surface area contributed by atoms with Crippen LogP contribution < -0.4 is 5.32 Å². The third kappa shape index (κ3) is 4.96. The van der Waals surface area contributed by atoms with Gasteiger partial charge in [-0.1, -0.05) is 6.07 Å². The number of nitrogens with one attached hydrogen (secondary N) is 1. The van der Waals surface area contributed by atoms with E-state index in [9.17, 15) is 13.2 Å². The number of ether oxygens (including phenoxy) is 1. The lowest BCUT2D eigenvalue weighted by atomic mass is 10.1. The molecule has 0 radical (unpaired) electrons. The van der Waals surface area contributed by atoms with Crippen LogP contribution in [0, 0.1) is 0 Å². The van der Waals surface area contributed by atoms with Crippen LogP contribution in [0.2, 0.25) is 0 Å². The van der Waals surface area contributed by atoms with E-state index in [-0.39, 0.29) is 10.8 Å². The van der Waals surface area contributed by atoms with Crippen molar-refractivity contribution in [1.29, 1.82) is 0 Å². The zero-order valence-corrected chi connectivity index (χ0v) is 17.6. The van der Waals surface area contributed by atoms with Gasteiger partial charge in [0.15, 0.2) is 0 Å². The van der Waals surface area contributed by atoms with Crippen LogP contribution in [0.15, 0.2) is 72.0 Å². The largest absolute Gasteiger partial charge is 0.379 e. The Morgan fingerprint density at radius 1 is 1.03 bits per heavy atom. The van der Waals surface area contributed by atoms with Gasteiger partial charge in [-0.15, -0.1) is 0 Å². The third-order valence-electron chi connectivity index (χ3n) is 4.96. The summed E-state index contributed by atoms with van der Waals surface area (Å²) in [5.41, 5.74) is 2.97. The van der Waals surface area contributed by atoms with Crippen LogP contribution in [0.4, 0.5) is 0 Å². The van der Waals surface area contributed by atoms with Gasteiger partial charge in [0.25, 0.3) is 5.91 Å². The topological polar surface area (TPSA) is 101 Å². The Hall–Kier alpha value is -3.14. The van der Waals surface area contributed by atoms with Gasteiger partial charge in [-0.2, -0.15) is 4.31 Å². The van der Waals surface area contributed by atoms with E-state index in [1.807, 2.05) is 24.3 Å². The molecule has 1 aromatic carbocycles. The number of pyridine rings is 2. The molecule has 0 spiro atoms. The highest BCUT2D eigenvalue weighted by molar-refractivity contribution is 7.89. The third-order valence-corrected chi connectivity index (χ3v) is 6.87. The van der Waals surface area contributed by atoms with Crippen LogP contribution >= 0.6 is 0 Å². The van der Waals surface area contributed by atoms with Crippen molar-refractivity contribution in [2.24, 2.45) is 0 Å². The standard InChI is InChI=1S/C22H22N4O4S/c27-22(25-15-17-3-8-21(24-14-17)19-2-1-9-23-16-19)18-4-6-20(7-5-18)31(28,29)26-10-12-30-13-11-26/h1-9,14,16H,10-13,15H2,(H,25,27). The molecule has 4 rings (SSSR count). The van der Waals surface area contributed by atoms with E-state index in [1.54, 1.807) is 18.6 Å². The molecule has 1 saturated heterocycles. The van der Waals surface area contributed by atoms with E-state index in [4.69, 9.17) is 4.74 Å². The van der Waals surface area contributed by atoms with Gasteiger partial charge in [-0.25, -0.2) is 8.42 Å². The molecule has 1 amide bonds. The number of hydrogen-bond donors (Lipinski definition) is 1. The van der Waals surface area contributed by atoms with Gasteiger partial charge in [-0.3, -0.25) is 14.8 Å². The molecule has 8 nitrogen and oxygen atoms in total. The lowest BCUT2D eigenvalue weighted by molar-refractivity contribution is 0.0730. The van der Waals surface area contributed by atoms with Crippen LogP contribution in [-0.4, -0.2) is 54.9 Å². The van der Waals surface area contributed by atoms with Crippen molar-refractivity contribution in [3.63, 3.8) is 0 Å². The smallest absolute Gasteiger partial charge is 0.251 e. The van der Waals surface area contributed by atoms with Crippen LogP contribution in [0.25, 0.3) is 11.3 Å². The normalized spacial score (nSPS) is 14.8. The molecule has 0 aliphatic carbocycles. The maximum atomic E-state index is 12.7. The average molecular weight is 439 g/mol. The maximum absolute atomic E-state index is 12.7. The van der Waals surface area contributed by atoms with Crippen molar-refractivity contribution in [3.8, 4) is 11.3 Å². The SMILES string of the molecule is O=C(NCc1ccc(-c2cccnc2)nc1)c1ccc(S(=O)(=O)N2CCOCC2)cc1. The number of carbonyl (C=O) groups excluding carboxylic acids is 1. The van der Waals surface area contributed by atoms with Crippen LogP contribution in [-0.2, 0) is 21.3 Å². The average Bonchev–Trinajstić information content (AvgIpc) is 2.84. The molecule has 3 heterocycles. The highest BCUT2D eigenvalue weighted by Crippen LogP contribution is 2.18. The van der Waals surface area contributed by atoms with Crippen molar-refractivity contribution in [2.45, 2.75) is 11.4 Å².